The van der Waals surface area contributed by atoms with Crippen LogP contribution in [0.15, 0.2) is 54.6 Å². The molecule has 6 heteroatoms. The molecule has 0 radical (unpaired) electrons. The predicted molar refractivity (Wildman–Crippen MR) is 107 cm³/mol. The summed E-state index contributed by atoms with van der Waals surface area (Å²) in [4.78, 5) is 2.19. The molecule has 0 fully saturated rings. The van der Waals surface area contributed by atoms with E-state index < -0.39 is 0 Å². The van der Waals surface area contributed by atoms with Gasteiger partial charge in [-0.2, -0.15) is 5.10 Å². The summed E-state index contributed by atoms with van der Waals surface area (Å²) in [5, 5.41) is 4.71. The lowest BCUT2D eigenvalue weighted by molar-refractivity contribution is 0.244. The van der Waals surface area contributed by atoms with Gasteiger partial charge < -0.3 is 9.30 Å². The van der Waals surface area contributed by atoms with Crippen LogP contribution in [-0.4, -0.2) is 32.9 Å². The molecule has 3 rings (SSSR count). The molecule has 0 bridgehead atoms. The monoisotopic (exact) mass is 368 g/mol. The van der Waals surface area contributed by atoms with Crippen LogP contribution < -0.4 is 4.74 Å². The summed E-state index contributed by atoms with van der Waals surface area (Å²) in [5.41, 5.74) is 2.29. The van der Waals surface area contributed by atoms with Crippen LogP contribution in [0.25, 0.3) is 11.4 Å². The van der Waals surface area contributed by atoms with Crippen molar-refractivity contribution in [1.82, 2.24) is 19.2 Å². The Kier molecular flexibility index (Phi) is 5.85. The quantitative estimate of drug-likeness (QED) is 0.588. The van der Waals surface area contributed by atoms with Gasteiger partial charge in [-0.05, 0) is 43.9 Å². The van der Waals surface area contributed by atoms with Crippen LogP contribution >= 0.6 is 12.2 Å². The number of hydrogen-bond donors (Lipinski definition) is 0. The minimum atomic E-state index is 0.632. The number of hydrogen-bond acceptors (Lipinski definition) is 4. The molecule has 0 aliphatic carbocycles. The topological polar surface area (TPSA) is 35.2 Å². The minimum absolute atomic E-state index is 0.632. The number of nitrogens with zero attached hydrogens (tertiary/aromatic N) is 4. The lowest BCUT2D eigenvalue weighted by atomic mass is 10.2. The first-order valence-electron chi connectivity index (χ1n) is 8.68. The Morgan fingerprint density at radius 1 is 1.08 bits per heavy atom. The molecule has 0 aliphatic rings. The largest absolute Gasteiger partial charge is 0.494 e. The fourth-order valence-corrected chi connectivity index (χ4v) is 3.05. The third-order valence-corrected chi connectivity index (χ3v) is 4.62. The second kappa shape index (κ2) is 8.29. The Hall–Kier alpha value is -2.44. The van der Waals surface area contributed by atoms with Crippen molar-refractivity contribution in [3.63, 3.8) is 0 Å². The molecule has 1 aromatic heterocycles. The zero-order chi connectivity index (χ0) is 18.5. The second-order valence-electron chi connectivity index (χ2n) is 6.26. The van der Waals surface area contributed by atoms with Gasteiger partial charge in [0.05, 0.1) is 13.3 Å². The van der Waals surface area contributed by atoms with Gasteiger partial charge in [-0.1, -0.05) is 42.5 Å². The summed E-state index contributed by atoms with van der Waals surface area (Å²) in [5.74, 6) is 1.78. The molecule has 0 saturated heterocycles. The van der Waals surface area contributed by atoms with Crippen molar-refractivity contribution in [3.8, 4) is 17.1 Å². The van der Waals surface area contributed by atoms with E-state index in [1.54, 1.807) is 0 Å². The Morgan fingerprint density at radius 2 is 1.77 bits per heavy atom. The van der Waals surface area contributed by atoms with E-state index >= 15 is 0 Å². The number of rotatable bonds is 7. The number of ether oxygens (including phenoxy) is 1. The molecule has 1 heterocycles. The van der Waals surface area contributed by atoms with E-state index in [2.05, 4.69) is 24.1 Å². The summed E-state index contributed by atoms with van der Waals surface area (Å²) in [6.45, 7) is 4.11. The van der Waals surface area contributed by atoms with Crippen LogP contribution in [0.2, 0.25) is 0 Å². The second-order valence-corrected chi connectivity index (χ2v) is 6.63. The van der Waals surface area contributed by atoms with Gasteiger partial charge in [0.2, 0.25) is 0 Å². The predicted octanol–water partition coefficient (Wildman–Crippen LogP) is 4.11. The summed E-state index contributed by atoms with van der Waals surface area (Å²) >= 11 is 5.56. The highest BCUT2D eigenvalue weighted by atomic mass is 32.1. The van der Waals surface area contributed by atoms with Gasteiger partial charge in [-0.25, -0.2) is 4.68 Å². The van der Waals surface area contributed by atoms with Crippen molar-refractivity contribution in [2.45, 2.75) is 20.1 Å². The van der Waals surface area contributed by atoms with Crippen molar-refractivity contribution < 1.29 is 4.74 Å². The SMILES string of the molecule is CCOc1ccc(CN(C)Cn2nc(-c3ccccc3)n(C)c2=S)cc1. The van der Waals surface area contributed by atoms with Gasteiger partial charge in [0.25, 0.3) is 0 Å². The standard InChI is InChI=1S/C20H24N4OS/c1-4-25-18-12-10-16(11-13-18)14-22(2)15-24-20(26)23(3)19(21-24)17-8-6-5-7-9-17/h5-13H,4,14-15H2,1-3H3. The molecule has 0 amide bonds. The average molecular weight is 369 g/mol. The molecule has 0 saturated carbocycles. The van der Waals surface area contributed by atoms with E-state index in [0.29, 0.717) is 18.0 Å². The average Bonchev–Trinajstić information content (AvgIpc) is 2.93. The first-order chi connectivity index (χ1) is 12.6. The number of benzene rings is 2. The summed E-state index contributed by atoms with van der Waals surface area (Å²) in [6.07, 6.45) is 0. The van der Waals surface area contributed by atoms with Crippen molar-refractivity contribution in [2.75, 3.05) is 13.7 Å². The molecular formula is C20H24N4OS. The zero-order valence-corrected chi connectivity index (χ0v) is 16.2. The van der Waals surface area contributed by atoms with Gasteiger partial charge in [0.15, 0.2) is 10.6 Å². The maximum absolute atomic E-state index is 5.56. The van der Waals surface area contributed by atoms with Crippen LogP contribution in [-0.2, 0) is 20.3 Å². The van der Waals surface area contributed by atoms with Crippen molar-refractivity contribution >= 4 is 12.2 Å². The molecule has 0 atom stereocenters. The van der Waals surface area contributed by atoms with Crippen LogP contribution in [0.5, 0.6) is 5.75 Å². The molecule has 0 aliphatic heterocycles. The molecule has 5 nitrogen and oxygen atoms in total. The highest BCUT2D eigenvalue weighted by molar-refractivity contribution is 7.71. The van der Waals surface area contributed by atoms with Gasteiger partial charge >= 0.3 is 0 Å². The molecular weight excluding hydrogens is 344 g/mol. The maximum Gasteiger partial charge on any atom is 0.199 e. The van der Waals surface area contributed by atoms with E-state index in [1.807, 2.05) is 65.7 Å². The van der Waals surface area contributed by atoms with Crippen LogP contribution in [0.1, 0.15) is 12.5 Å². The molecule has 0 spiro atoms. The highest BCUT2D eigenvalue weighted by Gasteiger charge is 2.11. The Labute approximate surface area is 159 Å². The summed E-state index contributed by atoms with van der Waals surface area (Å²) < 4.78 is 10.0. The molecule has 136 valence electrons. The minimum Gasteiger partial charge on any atom is -0.494 e. The fourth-order valence-electron chi connectivity index (χ4n) is 2.87. The molecule has 0 unspecified atom stereocenters. The summed E-state index contributed by atoms with van der Waals surface area (Å²) in [6, 6.07) is 18.3. The lowest BCUT2D eigenvalue weighted by Crippen LogP contribution is -2.22. The van der Waals surface area contributed by atoms with Crippen molar-refractivity contribution in [1.29, 1.82) is 0 Å². The van der Waals surface area contributed by atoms with E-state index in [4.69, 9.17) is 22.1 Å². The molecule has 26 heavy (non-hydrogen) atoms. The fraction of sp³-hybridized carbons (Fsp3) is 0.300. The zero-order valence-electron chi connectivity index (χ0n) is 15.4. The smallest absolute Gasteiger partial charge is 0.199 e. The van der Waals surface area contributed by atoms with E-state index in [9.17, 15) is 0 Å². The van der Waals surface area contributed by atoms with E-state index in [-0.39, 0.29) is 0 Å². The van der Waals surface area contributed by atoms with E-state index in [0.717, 1.165) is 23.7 Å². The van der Waals surface area contributed by atoms with Crippen LogP contribution in [0.3, 0.4) is 0 Å². The third-order valence-electron chi connectivity index (χ3n) is 4.14. The maximum atomic E-state index is 5.56. The van der Waals surface area contributed by atoms with Gasteiger partial charge in [0.1, 0.15) is 5.75 Å². The number of aromatic nitrogens is 3. The lowest BCUT2D eigenvalue weighted by Gasteiger charge is -2.16. The molecule has 3 aromatic rings. The first kappa shape index (κ1) is 18.4. The van der Waals surface area contributed by atoms with Crippen molar-refractivity contribution in [3.05, 3.63) is 64.9 Å². The van der Waals surface area contributed by atoms with Crippen LogP contribution in [0, 0.1) is 4.77 Å². The van der Waals surface area contributed by atoms with Crippen molar-refractivity contribution in [2.24, 2.45) is 7.05 Å². The summed E-state index contributed by atoms with van der Waals surface area (Å²) in [7, 11) is 4.02. The highest BCUT2D eigenvalue weighted by Crippen LogP contribution is 2.17. The Morgan fingerprint density at radius 3 is 2.42 bits per heavy atom. The first-order valence-corrected chi connectivity index (χ1v) is 9.09. The molecule has 0 N–H and O–H groups in total. The van der Waals surface area contributed by atoms with Crippen LogP contribution in [0.4, 0.5) is 0 Å². The Bertz CT molecular complexity index is 900. The van der Waals surface area contributed by atoms with Gasteiger partial charge in [0, 0.05) is 19.2 Å². The van der Waals surface area contributed by atoms with Gasteiger partial charge in [-0.15, -0.1) is 0 Å². The Balaban J connectivity index is 1.71. The van der Waals surface area contributed by atoms with E-state index in [1.165, 1.54) is 5.56 Å². The normalized spacial score (nSPS) is 11.1. The van der Waals surface area contributed by atoms with Gasteiger partial charge in [-0.3, -0.25) is 4.90 Å². The molecule has 2 aromatic carbocycles. The third kappa shape index (κ3) is 4.20.